The van der Waals surface area contributed by atoms with Gasteiger partial charge in [0.15, 0.2) is 0 Å². The van der Waals surface area contributed by atoms with Crippen LogP contribution in [0.5, 0.6) is 0 Å². The fourth-order valence-electron chi connectivity index (χ4n) is 2.58. The number of nitrogens with zero attached hydrogens (tertiary/aromatic N) is 3. The summed E-state index contributed by atoms with van der Waals surface area (Å²) in [5.41, 5.74) is -0.0856. The van der Waals surface area contributed by atoms with E-state index >= 15 is 0 Å². The smallest absolute Gasteiger partial charge is 0.345 e. The molecule has 1 fully saturated rings. The van der Waals surface area contributed by atoms with Crippen molar-refractivity contribution in [3.8, 4) is 0 Å². The number of aliphatic hydroxyl groups excluding tert-OH is 1. The fourth-order valence-corrected chi connectivity index (χ4v) is 2.58. The van der Waals surface area contributed by atoms with Crippen LogP contribution in [0.15, 0.2) is 11.1 Å². The lowest BCUT2D eigenvalue weighted by Gasteiger charge is -2.32. The molecule has 0 amide bonds. The van der Waals surface area contributed by atoms with E-state index in [1.54, 1.807) is 7.05 Å². The average Bonchev–Trinajstić information content (AvgIpc) is 2.60. The van der Waals surface area contributed by atoms with Crippen LogP contribution in [-0.4, -0.2) is 25.6 Å². The molecule has 1 heterocycles. The average molecular weight is 225 g/mol. The molecule has 1 aliphatic rings. The highest BCUT2D eigenvalue weighted by Crippen LogP contribution is 2.34. The molecule has 3 unspecified atom stereocenters. The molecular weight excluding hydrogens is 206 g/mol. The quantitative estimate of drug-likeness (QED) is 0.805. The van der Waals surface area contributed by atoms with Gasteiger partial charge in [0.1, 0.15) is 6.33 Å². The third kappa shape index (κ3) is 1.91. The van der Waals surface area contributed by atoms with E-state index in [9.17, 15) is 9.90 Å². The number of rotatable bonds is 2. The van der Waals surface area contributed by atoms with Crippen molar-refractivity contribution < 1.29 is 5.11 Å². The summed E-state index contributed by atoms with van der Waals surface area (Å²) in [6.45, 7) is 2.13. The first-order chi connectivity index (χ1) is 7.63. The Kier molecular flexibility index (Phi) is 3.14. The van der Waals surface area contributed by atoms with Gasteiger partial charge in [-0.3, -0.25) is 4.57 Å². The van der Waals surface area contributed by atoms with Crippen LogP contribution >= 0.6 is 0 Å². The molecule has 5 nitrogen and oxygen atoms in total. The maximum Gasteiger partial charge on any atom is 0.345 e. The summed E-state index contributed by atoms with van der Waals surface area (Å²) in [6, 6.07) is 0.0578. The second-order valence-corrected chi connectivity index (χ2v) is 4.67. The van der Waals surface area contributed by atoms with Crippen molar-refractivity contribution in [3.63, 3.8) is 0 Å². The minimum absolute atomic E-state index is 0.0578. The van der Waals surface area contributed by atoms with E-state index in [0.29, 0.717) is 12.3 Å². The summed E-state index contributed by atoms with van der Waals surface area (Å²) in [7, 11) is 1.70. The second kappa shape index (κ2) is 4.41. The van der Waals surface area contributed by atoms with Crippen LogP contribution in [0.3, 0.4) is 0 Å². The van der Waals surface area contributed by atoms with Crippen LogP contribution in [-0.2, 0) is 7.05 Å². The summed E-state index contributed by atoms with van der Waals surface area (Å²) in [5.74, 6) is 0.455. The third-order valence-electron chi connectivity index (χ3n) is 3.61. The van der Waals surface area contributed by atoms with Gasteiger partial charge >= 0.3 is 5.69 Å². The molecule has 0 radical (unpaired) electrons. The maximum atomic E-state index is 11.8. The number of aliphatic hydroxyl groups is 1. The number of hydrogen-bond donors (Lipinski definition) is 1. The van der Waals surface area contributed by atoms with E-state index in [1.165, 1.54) is 15.6 Å². The van der Waals surface area contributed by atoms with Gasteiger partial charge in [-0.05, 0) is 25.2 Å². The first kappa shape index (κ1) is 11.4. The zero-order chi connectivity index (χ0) is 11.7. The maximum absolute atomic E-state index is 11.8. The monoisotopic (exact) mass is 225 g/mol. The van der Waals surface area contributed by atoms with Crippen LogP contribution in [0.1, 0.15) is 38.6 Å². The Balaban J connectivity index is 2.29. The van der Waals surface area contributed by atoms with E-state index in [1.807, 2.05) is 0 Å². The molecule has 0 aliphatic heterocycles. The highest BCUT2D eigenvalue weighted by Gasteiger charge is 2.31. The van der Waals surface area contributed by atoms with Crippen LogP contribution in [0.4, 0.5) is 0 Å². The van der Waals surface area contributed by atoms with E-state index in [4.69, 9.17) is 0 Å². The van der Waals surface area contributed by atoms with Gasteiger partial charge < -0.3 is 5.11 Å². The Morgan fingerprint density at radius 2 is 2.31 bits per heavy atom. The van der Waals surface area contributed by atoms with Crippen molar-refractivity contribution in [1.29, 1.82) is 0 Å². The number of aryl methyl sites for hydroxylation is 1. The molecule has 1 saturated carbocycles. The molecule has 0 bridgehead atoms. The molecule has 90 valence electrons. The molecule has 16 heavy (non-hydrogen) atoms. The summed E-state index contributed by atoms with van der Waals surface area (Å²) in [5, 5.41) is 13.8. The standard InChI is InChI=1S/C11H19N3O2/c1-3-8-4-5-9(15)6-10(8)14-11(16)13(2)7-12-14/h7-10,15H,3-6H2,1-2H3. The summed E-state index contributed by atoms with van der Waals surface area (Å²) >= 11 is 0. The highest BCUT2D eigenvalue weighted by molar-refractivity contribution is 4.84. The third-order valence-corrected chi connectivity index (χ3v) is 3.61. The zero-order valence-electron chi connectivity index (χ0n) is 9.83. The zero-order valence-corrected chi connectivity index (χ0v) is 9.83. The predicted octanol–water partition coefficient (Wildman–Crippen LogP) is 0.694. The normalized spacial score (nSPS) is 30.6. The lowest BCUT2D eigenvalue weighted by molar-refractivity contribution is 0.0652. The Bertz CT molecular complexity index is 410. The first-order valence-electron chi connectivity index (χ1n) is 5.91. The molecule has 1 N–H and O–H groups in total. The molecule has 1 aliphatic carbocycles. The number of hydrogen-bond acceptors (Lipinski definition) is 3. The summed E-state index contributed by atoms with van der Waals surface area (Å²) in [4.78, 5) is 11.8. The highest BCUT2D eigenvalue weighted by atomic mass is 16.3. The van der Waals surface area contributed by atoms with Gasteiger partial charge in [-0.1, -0.05) is 13.3 Å². The minimum Gasteiger partial charge on any atom is -0.393 e. The molecular formula is C11H19N3O2. The van der Waals surface area contributed by atoms with E-state index in [-0.39, 0.29) is 17.8 Å². The van der Waals surface area contributed by atoms with Crippen molar-refractivity contribution in [3.05, 3.63) is 16.8 Å². The lowest BCUT2D eigenvalue weighted by atomic mass is 9.81. The van der Waals surface area contributed by atoms with E-state index in [0.717, 1.165) is 19.3 Å². The lowest BCUT2D eigenvalue weighted by Crippen LogP contribution is -2.36. The topological polar surface area (TPSA) is 60.0 Å². The first-order valence-corrected chi connectivity index (χ1v) is 5.91. The van der Waals surface area contributed by atoms with Crippen molar-refractivity contribution in [1.82, 2.24) is 14.3 Å². The van der Waals surface area contributed by atoms with Gasteiger partial charge in [0.05, 0.1) is 12.1 Å². The van der Waals surface area contributed by atoms with Crippen molar-refractivity contribution in [2.45, 2.75) is 44.8 Å². The Morgan fingerprint density at radius 1 is 1.56 bits per heavy atom. The second-order valence-electron chi connectivity index (χ2n) is 4.67. The molecule has 0 aromatic carbocycles. The largest absolute Gasteiger partial charge is 0.393 e. The molecule has 1 aromatic rings. The van der Waals surface area contributed by atoms with Crippen LogP contribution in [0.25, 0.3) is 0 Å². The molecule has 3 atom stereocenters. The predicted molar refractivity (Wildman–Crippen MR) is 60.1 cm³/mol. The van der Waals surface area contributed by atoms with Gasteiger partial charge in [-0.2, -0.15) is 5.10 Å². The van der Waals surface area contributed by atoms with Gasteiger partial charge in [0.25, 0.3) is 0 Å². The summed E-state index contributed by atoms with van der Waals surface area (Å²) < 4.78 is 3.02. The van der Waals surface area contributed by atoms with Gasteiger partial charge in [0.2, 0.25) is 0 Å². The van der Waals surface area contributed by atoms with Crippen molar-refractivity contribution in [2.24, 2.45) is 13.0 Å². The van der Waals surface area contributed by atoms with E-state index < -0.39 is 0 Å². The molecule has 1 aromatic heterocycles. The van der Waals surface area contributed by atoms with Gasteiger partial charge in [0, 0.05) is 7.05 Å². The fraction of sp³-hybridized carbons (Fsp3) is 0.818. The van der Waals surface area contributed by atoms with Crippen molar-refractivity contribution in [2.75, 3.05) is 0 Å². The van der Waals surface area contributed by atoms with Gasteiger partial charge in [-0.15, -0.1) is 0 Å². The van der Waals surface area contributed by atoms with Gasteiger partial charge in [-0.25, -0.2) is 9.48 Å². The molecule has 2 rings (SSSR count). The Labute approximate surface area is 94.7 Å². The minimum atomic E-state index is -0.290. The van der Waals surface area contributed by atoms with E-state index in [2.05, 4.69) is 12.0 Å². The summed E-state index contributed by atoms with van der Waals surface area (Å²) in [6.07, 6.45) is 4.75. The molecule has 0 saturated heterocycles. The Hall–Kier alpha value is -1.10. The molecule has 0 spiro atoms. The van der Waals surface area contributed by atoms with Crippen LogP contribution in [0.2, 0.25) is 0 Å². The van der Waals surface area contributed by atoms with Crippen LogP contribution in [0, 0.1) is 5.92 Å². The SMILES string of the molecule is CCC1CCC(O)CC1n1ncn(C)c1=O. The van der Waals surface area contributed by atoms with Crippen molar-refractivity contribution >= 4 is 0 Å². The Morgan fingerprint density at radius 3 is 2.88 bits per heavy atom. The van der Waals surface area contributed by atoms with Crippen LogP contribution < -0.4 is 5.69 Å². The number of aromatic nitrogens is 3. The molecule has 5 heteroatoms.